The Morgan fingerprint density at radius 2 is 2.10 bits per heavy atom. The molecule has 1 aromatic rings. The van der Waals surface area contributed by atoms with Gasteiger partial charge in [0.05, 0.1) is 7.11 Å². The van der Waals surface area contributed by atoms with Crippen LogP contribution in [-0.4, -0.2) is 41.1 Å². The smallest absolute Gasteiger partial charge is 0.326 e. The van der Waals surface area contributed by atoms with Gasteiger partial charge in [0.2, 0.25) is 0 Å². The fourth-order valence-corrected chi connectivity index (χ4v) is 1.52. The Kier molecular flexibility index (Phi) is 5.64. The lowest BCUT2D eigenvalue weighted by atomic mass is 10.1. The summed E-state index contributed by atoms with van der Waals surface area (Å²) >= 11 is 0. The van der Waals surface area contributed by atoms with Crippen molar-refractivity contribution >= 4 is 17.8 Å². The molecule has 0 saturated carbocycles. The Hall–Kier alpha value is -2.44. The lowest BCUT2D eigenvalue weighted by Gasteiger charge is -2.13. The lowest BCUT2D eigenvalue weighted by molar-refractivity contribution is -0.142. The van der Waals surface area contributed by atoms with Gasteiger partial charge in [-0.1, -0.05) is 6.07 Å². The van der Waals surface area contributed by atoms with Gasteiger partial charge in [0.15, 0.2) is 0 Å². The first-order valence-electron chi connectivity index (χ1n) is 5.98. The summed E-state index contributed by atoms with van der Waals surface area (Å²) < 4.78 is 4.43. The number of aromatic nitrogens is 1. The van der Waals surface area contributed by atoms with Gasteiger partial charge in [-0.2, -0.15) is 0 Å². The van der Waals surface area contributed by atoms with Crippen molar-refractivity contribution in [2.75, 3.05) is 7.11 Å². The number of nitrogens with one attached hydrogen (secondary N) is 1. The zero-order valence-electron chi connectivity index (χ0n) is 11.3. The summed E-state index contributed by atoms with van der Waals surface area (Å²) in [7, 11) is 1.22. The first-order chi connectivity index (χ1) is 9.43. The average molecular weight is 280 g/mol. The third kappa shape index (κ3) is 4.68. The van der Waals surface area contributed by atoms with Crippen LogP contribution in [0.1, 0.15) is 29.0 Å². The molecule has 1 amide bonds. The van der Waals surface area contributed by atoms with E-state index in [0.717, 1.165) is 0 Å². The van der Waals surface area contributed by atoms with Gasteiger partial charge in [-0.25, -0.2) is 9.78 Å². The third-order valence-corrected chi connectivity index (χ3v) is 2.59. The summed E-state index contributed by atoms with van der Waals surface area (Å²) in [5.74, 6) is -2.33. The predicted molar refractivity (Wildman–Crippen MR) is 69.1 cm³/mol. The zero-order chi connectivity index (χ0) is 15.1. The van der Waals surface area contributed by atoms with Crippen LogP contribution in [0, 0.1) is 6.92 Å². The number of carboxylic acid groups (broad SMARTS) is 1. The van der Waals surface area contributed by atoms with Gasteiger partial charge < -0.3 is 15.2 Å². The highest BCUT2D eigenvalue weighted by Crippen LogP contribution is 2.03. The number of hydrogen-bond acceptors (Lipinski definition) is 5. The molecule has 0 aliphatic heterocycles. The molecular weight excluding hydrogens is 264 g/mol. The van der Waals surface area contributed by atoms with Crippen LogP contribution in [0.3, 0.4) is 0 Å². The quantitative estimate of drug-likeness (QED) is 0.736. The molecule has 0 aliphatic rings. The minimum atomic E-state index is -1.21. The molecule has 0 spiro atoms. The zero-order valence-corrected chi connectivity index (χ0v) is 11.3. The number of carbonyl (C=O) groups excluding carboxylic acids is 2. The molecule has 7 nitrogen and oxygen atoms in total. The Morgan fingerprint density at radius 3 is 2.65 bits per heavy atom. The summed E-state index contributed by atoms with van der Waals surface area (Å²) in [6.07, 6.45) is -0.130. The molecule has 1 atom stereocenters. The standard InChI is InChI=1S/C13H16N2O5/c1-8-4-3-5-9(14-8)12(17)15-10(13(18)19)6-7-11(16)20-2/h3-5,10H,6-7H2,1-2H3,(H,15,17)(H,18,19)/t10-/m1/s1. The van der Waals surface area contributed by atoms with E-state index in [1.165, 1.54) is 13.2 Å². The van der Waals surface area contributed by atoms with Crippen LogP contribution < -0.4 is 5.32 Å². The van der Waals surface area contributed by atoms with Gasteiger partial charge in [-0.05, 0) is 25.5 Å². The fourth-order valence-electron chi connectivity index (χ4n) is 1.52. The highest BCUT2D eigenvalue weighted by Gasteiger charge is 2.22. The molecule has 0 unspecified atom stereocenters. The maximum Gasteiger partial charge on any atom is 0.326 e. The van der Waals surface area contributed by atoms with Crippen molar-refractivity contribution in [3.05, 3.63) is 29.6 Å². The minimum absolute atomic E-state index is 0.0421. The molecule has 1 heterocycles. The number of carbonyl (C=O) groups is 3. The van der Waals surface area contributed by atoms with Crippen molar-refractivity contribution in [2.45, 2.75) is 25.8 Å². The maximum absolute atomic E-state index is 11.9. The van der Waals surface area contributed by atoms with Crippen LogP contribution in [0.4, 0.5) is 0 Å². The molecule has 108 valence electrons. The molecule has 0 bridgehead atoms. The lowest BCUT2D eigenvalue weighted by Crippen LogP contribution is -2.41. The maximum atomic E-state index is 11.9. The van der Waals surface area contributed by atoms with Crippen molar-refractivity contribution < 1.29 is 24.2 Å². The largest absolute Gasteiger partial charge is 0.480 e. The van der Waals surface area contributed by atoms with Gasteiger partial charge in [0.1, 0.15) is 11.7 Å². The second-order valence-electron chi connectivity index (χ2n) is 4.14. The van der Waals surface area contributed by atoms with E-state index in [1.54, 1.807) is 19.1 Å². The average Bonchev–Trinajstić information content (AvgIpc) is 2.42. The SMILES string of the molecule is COC(=O)CC[C@@H](NC(=O)c1cccc(C)n1)C(=O)O. The van der Waals surface area contributed by atoms with E-state index in [1.807, 2.05) is 0 Å². The Bertz CT molecular complexity index is 515. The molecule has 7 heteroatoms. The number of amides is 1. The second kappa shape index (κ2) is 7.22. The second-order valence-corrected chi connectivity index (χ2v) is 4.14. The number of esters is 1. The third-order valence-electron chi connectivity index (χ3n) is 2.59. The minimum Gasteiger partial charge on any atom is -0.480 e. The Balaban J connectivity index is 2.68. The van der Waals surface area contributed by atoms with E-state index in [-0.39, 0.29) is 18.5 Å². The van der Waals surface area contributed by atoms with Crippen LogP contribution in [-0.2, 0) is 14.3 Å². The van der Waals surface area contributed by atoms with Gasteiger partial charge in [-0.3, -0.25) is 9.59 Å². The van der Waals surface area contributed by atoms with E-state index in [2.05, 4.69) is 15.0 Å². The highest BCUT2D eigenvalue weighted by molar-refractivity contribution is 5.95. The van der Waals surface area contributed by atoms with Crippen LogP contribution >= 0.6 is 0 Å². The molecule has 0 saturated heterocycles. The van der Waals surface area contributed by atoms with Crippen LogP contribution in [0.25, 0.3) is 0 Å². The van der Waals surface area contributed by atoms with E-state index in [0.29, 0.717) is 5.69 Å². The van der Waals surface area contributed by atoms with Crippen LogP contribution in [0.5, 0.6) is 0 Å². The Morgan fingerprint density at radius 1 is 1.40 bits per heavy atom. The van der Waals surface area contributed by atoms with E-state index >= 15 is 0 Å². The van der Waals surface area contributed by atoms with Crippen LogP contribution in [0.15, 0.2) is 18.2 Å². The molecule has 0 radical (unpaired) electrons. The summed E-state index contributed by atoms with van der Waals surface area (Å²) in [6.45, 7) is 1.72. The first kappa shape index (κ1) is 15.6. The van der Waals surface area contributed by atoms with Crippen LogP contribution in [0.2, 0.25) is 0 Å². The molecular formula is C13H16N2O5. The summed E-state index contributed by atoms with van der Waals surface area (Å²) in [5, 5.41) is 11.4. The van der Waals surface area contributed by atoms with Gasteiger partial charge >= 0.3 is 11.9 Å². The number of aryl methyl sites for hydroxylation is 1. The number of aliphatic carboxylic acids is 1. The molecule has 20 heavy (non-hydrogen) atoms. The van der Waals surface area contributed by atoms with Crippen molar-refractivity contribution in [1.82, 2.24) is 10.3 Å². The molecule has 1 aromatic heterocycles. The van der Waals surface area contributed by atoms with Gasteiger partial charge in [0.25, 0.3) is 5.91 Å². The topological polar surface area (TPSA) is 106 Å². The molecule has 1 rings (SSSR count). The van der Waals surface area contributed by atoms with E-state index in [9.17, 15) is 14.4 Å². The monoisotopic (exact) mass is 280 g/mol. The van der Waals surface area contributed by atoms with E-state index in [4.69, 9.17) is 5.11 Å². The van der Waals surface area contributed by atoms with Crippen molar-refractivity contribution in [3.63, 3.8) is 0 Å². The highest BCUT2D eigenvalue weighted by atomic mass is 16.5. The van der Waals surface area contributed by atoms with E-state index < -0.39 is 23.9 Å². The number of hydrogen-bond donors (Lipinski definition) is 2. The molecule has 0 aliphatic carbocycles. The van der Waals surface area contributed by atoms with Crippen molar-refractivity contribution in [3.8, 4) is 0 Å². The van der Waals surface area contributed by atoms with Crippen molar-refractivity contribution in [2.24, 2.45) is 0 Å². The molecule has 0 fully saturated rings. The van der Waals surface area contributed by atoms with Crippen molar-refractivity contribution in [1.29, 1.82) is 0 Å². The number of carboxylic acids is 1. The fraction of sp³-hybridized carbons (Fsp3) is 0.385. The summed E-state index contributed by atoms with van der Waals surface area (Å²) in [5.41, 5.74) is 0.786. The summed E-state index contributed by atoms with van der Waals surface area (Å²) in [4.78, 5) is 37.9. The summed E-state index contributed by atoms with van der Waals surface area (Å²) in [6, 6.07) is 3.70. The number of pyridine rings is 1. The molecule has 2 N–H and O–H groups in total. The number of rotatable bonds is 6. The Labute approximate surface area is 116 Å². The molecule has 0 aromatic carbocycles. The number of ether oxygens (including phenoxy) is 1. The first-order valence-corrected chi connectivity index (χ1v) is 5.98. The number of nitrogens with zero attached hydrogens (tertiary/aromatic N) is 1. The van der Waals surface area contributed by atoms with Gasteiger partial charge in [-0.15, -0.1) is 0 Å². The number of methoxy groups -OCH3 is 1. The van der Waals surface area contributed by atoms with Gasteiger partial charge in [0, 0.05) is 12.1 Å². The predicted octanol–water partition coefficient (Wildman–Crippen LogP) is 0.526. The normalized spacial score (nSPS) is 11.5.